The van der Waals surface area contributed by atoms with Gasteiger partial charge in [0.15, 0.2) is 0 Å². The number of hydrogen-bond acceptors (Lipinski definition) is 4. The van der Waals surface area contributed by atoms with Crippen molar-refractivity contribution in [2.45, 2.75) is 31.1 Å². The Kier molecular flexibility index (Phi) is 7.27. The topological polar surface area (TPSA) is 72.2 Å². The Hall–Kier alpha value is -0.720. The highest BCUT2D eigenvalue weighted by Crippen LogP contribution is 2.24. The number of unbranched alkanes of at least 4 members (excludes halogenated alkanes) is 2. The lowest BCUT2D eigenvalue weighted by Crippen LogP contribution is -2.28. The molecule has 0 aliphatic carbocycles. The molecule has 0 radical (unpaired) electrons. The fourth-order valence-corrected chi connectivity index (χ4v) is 3.99. The first-order chi connectivity index (χ1) is 9.05. The molecular formula is C13H22N2O2S2. The summed E-state index contributed by atoms with van der Waals surface area (Å²) in [5.41, 5.74) is 6.49. The maximum absolute atomic E-state index is 11.7. The predicted molar refractivity (Wildman–Crippen MR) is 82.9 cm³/mol. The van der Waals surface area contributed by atoms with Crippen molar-refractivity contribution in [2.24, 2.45) is 0 Å². The summed E-state index contributed by atoms with van der Waals surface area (Å²) in [6, 6.07) is 7.49. The largest absolute Gasteiger partial charge is 0.398 e. The molecule has 0 saturated carbocycles. The van der Waals surface area contributed by atoms with E-state index in [-0.39, 0.29) is 5.75 Å². The molecule has 0 saturated heterocycles. The van der Waals surface area contributed by atoms with Gasteiger partial charge in [-0.2, -0.15) is 0 Å². The van der Waals surface area contributed by atoms with Crippen molar-refractivity contribution < 1.29 is 8.42 Å². The fourth-order valence-electron chi connectivity index (χ4n) is 1.55. The van der Waals surface area contributed by atoms with Crippen LogP contribution in [-0.4, -0.2) is 26.5 Å². The van der Waals surface area contributed by atoms with Crippen molar-refractivity contribution in [1.29, 1.82) is 0 Å². The molecule has 1 rings (SSSR count). The number of nitrogens with one attached hydrogen (secondary N) is 1. The van der Waals surface area contributed by atoms with Gasteiger partial charge in [-0.25, -0.2) is 13.1 Å². The molecular weight excluding hydrogens is 280 g/mol. The minimum Gasteiger partial charge on any atom is -0.398 e. The van der Waals surface area contributed by atoms with Gasteiger partial charge >= 0.3 is 0 Å². The summed E-state index contributed by atoms with van der Waals surface area (Å²) in [5, 5.41) is 0. The van der Waals surface area contributed by atoms with Gasteiger partial charge < -0.3 is 5.73 Å². The number of benzene rings is 1. The van der Waals surface area contributed by atoms with E-state index >= 15 is 0 Å². The van der Waals surface area contributed by atoms with Gasteiger partial charge in [-0.1, -0.05) is 31.9 Å². The first-order valence-electron chi connectivity index (χ1n) is 6.50. The molecule has 0 atom stereocenters. The number of thioether (sulfide) groups is 1. The van der Waals surface area contributed by atoms with Crippen LogP contribution in [0.2, 0.25) is 0 Å². The second-order valence-electron chi connectivity index (χ2n) is 4.31. The number of rotatable bonds is 9. The Morgan fingerprint density at radius 1 is 1.26 bits per heavy atom. The van der Waals surface area contributed by atoms with E-state index in [9.17, 15) is 8.42 Å². The molecule has 0 heterocycles. The van der Waals surface area contributed by atoms with Crippen LogP contribution in [0.5, 0.6) is 0 Å². The second kappa shape index (κ2) is 8.45. The summed E-state index contributed by atoms with van der Waals surface area (Å²) in [6.07, 6.45) is 3.04. The minimum atomic E-state index is -3.16. The Morgan fingerprint density at radius 3 is 2.68 bits per heavy atom. The summed E-state index contributed by atoms with van der Waals surface area (Å²) >= 11 is 1.47. The van der Waals surface area contributed by atoms with Crippen LogP contribution in [0.25, 0.3) is 0 Å². The third kappa shape index (κ3) is 6.84. The van der Waals surface area contributed by atoms with Gasteiger partial charge in [-0.05, 0) is 18.6 Å². The van der Waals surface area contributed by atoms with E-state index in [4.69, 9.17) is 5.73 Å². The quantitative estimate of drug-likeness (QED) is 0.417. The summed E-state index contributed by atoms with van der Waals surface area (Å²) in [4.78, 5) is 0.934. The lowest BCUT2D eigenvalue weighted by Gasteiger charge is -2.07. The molecule has 0 fully saturated rings. The van der Waals surface area contributed by atoms with Gasteiger partial charge in [0, 0.05) is 22.9 Å². The monoisotopic (exact) mass is 302 g/mol. The highest BCUT2D eigenvalue weighted by Gasteiger charge is 2.09. The van der Waals surface area contributed by atoms with Crippen LogP contribution in [0.4, 0.5) is 5.69 Å². The zero-order chi connectivity index (χ0) is 14.1. The van der Waals surface area contributed by atoms with Gasteiger partial charge in [0.05, 0.1) is 5.75 Å². The standard InChI is InChI=1S/C13H22N2O2S2/c1-2-3-6-9-15-19(16,17)11-10-18-13-8-5-4-7-12(13)14/h4-5,7-8,15H,2-3,6,9-11,14H2,1H3. The third-order valence-corrected chi connectivity index (χ3v) is 5.37. The van der Waals surface area contributed by atoms with Crippen LogP contribution in [0.15, 0.2) is 29.2 Å². The number of nitrogen functional groups attached to an aromatic ring is 1. The van der Waals surface area contributed by atoms with Crippen LogP contribution in [0.3, 0.4) is 0 Å². The van der Waals surface area contributed by atoms with Crippen LogP contribution < -0.4 is 10.5 Å². The summed E-state index contributed by atoms with van der Waals surface area (Å²) in [7, 11) is -3.16. The second-order valence-corrected chi connectivity index (χ2v) is 7.37. The molecule has 0 bridgehead atoms. The highest BCUT2D eigenvalue weighted by atomic mass is 32.2. The van der Waals surface area contributed by atoms with Crippen molar-refractivity contribution in [3.8, 4) is 0 Å². The van der Waals surface area contributed by atoms with Crippen molar-refractivity contribution in [3.63, 3.8) is 0 Å². The third-order valence-electron chi connectivity index (χ3n) is 2.63. The normalized spacial score (nSPS) is 11.6. The van der Waals surface area contributed by atoms with Crippen LogP contribution >= 0.6 is 11.8 Å². The van der Waals surface area contributed by atoms with Crippen LogP contribution in [0.1, 0.15) is 26.2 Å². The maximum atomic E-state index is 11.7. The molecule has 0 aromatic heterocycles. The number of para-hydroxylation sites is 1. The fraction of sp³-hybridized carbons (Fsp3) is 0.538. The smallest absolute Gasteiger partial charge is 0.212 e. The molecule has 0 unspecified atom stereocenters. The van der Waals surface area contributed by atoms with Gasteiger partial charge in [0.25, 0.3) is 0 Å². The number of sulfonamides is 1. The maximum Gasteiger partial charge on any atom is 0.212 e. The lowest BCUT2D eigenvalue weighted by molar-refractivity contribution is 0.577. The van der Waals surface area contributed by atoms with Crippen molar-refractivity contribution in [3.05, 3.63) is 24.3 Å². The molecule has 4 nitrogen and oxygen atoms in total. The van der Waals surface area contributed by atoms with E-state index < -0.39 is 10.0 Å². The Balaban J connectivity index is 2.30. The van der Waals surface area contributed by atoms with Crippen molar-refractivity contribution in [2.75, 3.05) is 23.8 Å². The van der Waals surface area contributed by atoms with E-state index in [0.717, 1.165) is 24.2 Å². The molecule has 19 heavy (non-hydrogen) atoms. The molecule has 0 amide bonds. The van der Waals surface area contributed by atoms with E-state index in [0.29, 0.717) is 18.0 Å². The highest BCUT2D eigenvalue weighted by molar-refractivity contribution is 8.00. The Bertz CT molecular complexity index is 475. The van der Waals surface area contributed by atoms with E-state index in [1.54, 1.807) is 0 Å². The number of anilines is 1. The zero-order valence-electron chi connectivity index (χ0n) is 11.3. The molecule has 0 spiro atoms. The van der Waals surface area contributed by atoms with Gasteiger partial charge in [0.2, 0.25) is 10.0 Å². The number of hydrogen-bond donors (Lipinski definition) is 2. The SMILES string of the molecule is CCCCCNS(=O)(=O)CCSc1ccccc1N. The minimum absolute atomic E-state index is 0.123. The molecule has 108 valence electrons. The van der Waals surface area contributed by atoms with Crippen LogP contribution in [-0.2, 0) is 10.0 Å². The van der Waals surface area contributed by atoms with E-state index in [1.807, 2.05) is 24.3 Å². The molecule has 0 aliphatic heterocycles. The molecule has 6 heteroatoms. The predicted octanol–water partition coefficient (Wildman–Crippen LogP) is 2.47. The van der Waals surface area contributed by atoms with Gasteiger partial charge in [-0.3, -0.25) is 0 Å². The average molecular weight is 302 g/mol. The first-order valence-corrected chi connectivity index (χ1v) is 9.13. The Morgan fingerprint density at radius 2 is 2.00 bits per heavy atom. The van der Waals surface area contributed by atoms with E-state index in [1.165, 1.54) is 11.8 Å². The van der Waals surface area contributed by atoms with Crippen molar-refractivity contribution in [1.82, 2.24) is 4.72 Å². The molecule has 1 aromatic rings. The summed E-state index contributed by atoms with van der Waals surface area (Å²) in [5.74, 6) is 0.634. The summed E-state index contributed by atoms with van der Waals surface area (Å²) in [6.45, 7) is 2.63. The molecule has 3 N–H and O–H groups in total. The summed E-state index contributed by atoms with van der Waals surface area (Å²) < 4.78 is 26.0. The van der Waals surface area contributed by atoms with Crippen molar-refractivity contribution >= 4 is 27.5 Å². The average Bonchev–Trinajstić information content (AvgIpc) is 2.37. The van der Waals surface area contributed by atoms with E-state index in [2.05, 4.69) is 11.6 Å². The van der Waals surface area contributed by atoms with Gasteiger partial charge in [0.1, 0.15) is 0 Å². The van der Waals surface area contributed by atoms with Crippen LogP contribution in [0, 0.1) is 0 Å². The molecule has 1 aromatic carbocycles. The number of nitrogens with two attached hydrogens (primary N) is 1. The molecule has 0 aliphatic rings. The van der Waals surface area contributed by atoms with Gasteiger partial charge in [-0.15, -0.1) is 11.8 Å². The lowest BCUT2D eigenvalue weighted by atomic mass is 10.3. The first kappa shape index (κ1) is 16.3. The Labute approximate surface area is 120 Å². The zero-order valence-corrected chi connectivity index (χ0v) is 12.9.